The van der Waals surface area contributed by atoms with Crippen LogP contribution < -0.4 is 10.6 Å². The summed E-state index contributed by atoms with van der Waals surface area (Å²) in [6.45, 7) is 6.66. The third-order valence-corrected chi connectivity index (χ3v) is 4.52. The van der Waals surface area contributed by atoms with E-state index in [1.165, 1.54) is 25.8 Å². The van der Waals surface area contributed by atoms with Gasteiger partial charge in [-0.05, 0) is 51.2 Å². The Morgan fingerprint density at radius 1 is 1.33 bits per heavy atom. The molecule has 1 aliphatic heterocycles. The van der Waals surface area contributed by atoms with Crippen LogP contribution >= 0.6 is 0 Å². The highest BCUT2D eigenvalue weighted by Crippen LogP contribution is 2.18. The molecule has 0 aromatic rings. The second-order valence-corrected chi connectivity index (χ2v) is 6.31. The molecule has 0 bridgehead atoms. The molecule has 3 N–H and O–H groups in total. The molecule has 2 aliphatic rings. The summed E-state index contributed by atoms with van der Waals surface area (Å²) in [6, 6.07) is -0.0206. The maximum Gasteiger partial charge on any atom is 0.315 e. The van der Waals surface area contributed by atoms with Crippen molar-refractivity contribution in [1.29, 1.82) is 0 Å². The average molecular weight is 295 g/mol. The first-order chi connectivity index (χ1) is 10.2. The maximum atomic E-state index is 11.9. The Morgan fingerprint density at radius 2 is 2.10 bits per heavy atom. The van der Waals surface area contributed by atoms with Crippen LogP contribution in [0, 0.1) is 11.8 Å². The molecule has 2 atom stereocenters. The van der Waals surface area contributed by atoms with Crippen molar-refractivity contribution in [3.8, 4) is 0 Å². The minimum atomic E-state index is -0.0840. The Balaban J connectivity index is 1.59. The van der Waals surface area contributed by atoms with Crippen molar-refractivity contribution in [2.45, 2.75) is 38.6 Å². The van der Waals surface area contributed by atoms with Gasteiger partial charge in [-0.2, -0.15) is 0 Å². The number of carbonyl (C=O) groups is 1. The third kappa shape index (κ3) is 5.32. The van der Waals surface area contributed by atoms with Gasteiger partial charge in [-0.1, -0.05) is 19.1 Å². The van der Waals surface area contributed by atoms with Crippen molar-refractivity contribution in [3.05, 3.63) is 12.2 Å². The topological polar surface area (TPSA) is 64.6 Å². The van der Waals surface area contributed by atoms with Crippen molar-refractivity contribution in [2.75, 3.05) is 32.8 Å². The van der Waals surface area contributed by atoms with Crippen LogP contribution in [-0.2, 0) is 0 Å². The van der Waals surface area contributed by atoms with Gasteiger partial charge in [0.05, 0.1) is 0 Å². The van der Waals surface area contributed by atoms with Crippen molar-refractivity contribution < 1.29 is 9.90 Å². The number of likely N-dealkylation sites (tertiary alicyclic amines) is 1. The summed E-state index contributed by atoms with van der Waals surface area (Å²) in [5, 5.41) is 15.0. The van der Waals surface area contributed by atoms with Gasteiger partial charge in [0.25, 0.3) is 0 Å². The zero-order chi connectivity index (χ0) is 15.1. The molecule has 0 spiro atoms. The van der Waals surface area contributed by atoms with Crippen molar-refractivity contribution in [3.63, 3.8) is 0 Å². The molecule has 1 heterocycles. The maximum absolute atomic E-state index is 11.9. The molecule has 1 fully saturated rings. The van der Waals surface area contributed by atoms with Crippen LogP contribution in [0.25, 0.3) is 0 Å². The van der Waals surface area contributed by atoms with Gasteiger partial charge >= 0.3 is 6.03 Å². The first kappa shape index (κ1) is 16.3. The molecule has 0 radical (unpaired) electrons. The summed E-state index contributed by atoms with van der Waals surface area (Å²) < 4.78 is 0. The lowest BCUT2D eigenvalue weighted by Crippen LogP contribution is -2.44. The summed E-state index contributed by atoms with van der Waals surface area (Å²) in [7, 11) is 0. The monoisotopic (exact) mass is 295 g/mol. The zero-order valence-corrected chi connectivity index (χ0v) is 13.1. The van der Waals surface area contributed by atoms with Gasteiger partial charge in [0, 0.05) is 25.1 Å². The largest absolute Gasteiger partial charge is 0.396 e. The van der Waals surface area contributed by atoms with Gasteiger partial charge in [-0.25, -0.2) is 4.79 Å². The van der Waals surface area contributed by atoms with E-state index in [4.69, 9.17) is 5.11 Å². The standard InChI is InChI=1S/C16H29N3O2/c1-2-7-19-8-5-13(6-9-19)11-17-16(21)18-15-4-3-14(10-15)12-20/h3-4,13-15,20H,2,5-12H2,1H3,(H2,17,18,21)/t14-,15+/m0/s1. The third-order valence-electron chi connectivity index (χ3n) is 4.52. The molecule has 1 saturated heterocycles. The van der Waals surface area contributed by atoms with Crippen LogP contribution in [0.4, 0.5) is 4.79 Å². The highest BCUT2D eigenvalue weighted by atomic mass is 16.3. The molecular formula is C16H29N3O2. The molecule has 5 heteroatoms. The van der Waals surface area contributed by atoms with Crippen LogP contribution in [0.3, 0.4) is 0 Å². The number of piperidine rings is 1. The number of amides is 2. The number of nitrogens with one attached hydrogen (secondary N) is 2. The van der Waals surface area contributed by atoms with E-state index < -0.39 is 0 Å². The van der Waals surface area contributed by atoms with Gasteiger partial charge in [0.2, 0.25) is 0 Å². The second kappa shape index (κ2) is 8.39. The van der Waals surface area contributed by atoms with Gasteiger partial charge in [-0.15, -0.1) is 0 Å². The first-order valence-corrected chi connectivity index (χ1v) is 8.27. The molecule has 5 nitrogen and oxygen atoms in total. The smallest absolute Gasteiger partial charge is 0.315 e. The average Bonchev–Trinajstić information content (AvgIpc) is 2.94. The molecule has 2 rings (SSSR count). The molecule has 0 unspecified atom stereocenters. The number of rotatable bonds is 6. The molecule has 0 aromatic carbocycles. The van der Waals surface area contributed by atoms with Gasteiger partial charge < -0.3 is 20.6 Å². The van der Waals surface area contributed by atoms with E-state index >= 15 is 0 Å². The molecule has 21 heavy (non-hydrogen) atoms. The Kier molecular flexibility index (Phi) is 6.51. The number of nitrogens with zero attached hydrogens (tertiary/aromatic N) is 1. The Labute approximate surface area is 127 Å². The van der Waals surface area contributed by atoms with Crippen LogP contribution in [0.1, 0.15) is 32.6 Å². The molecule has 2 amide bonds. The van der Waals surface area contributed by atoms with E-state index in [0.29, 0.717) is 5.92 Å². The Hall–Kier alpha value is -1.07. The molecule has 120 valence electrons. The highest BCUT2D eigenvalue weighted by Gasteiger charge is 2.21. The SMILES string of the molecule is CCCN1CCC(CNC(=O)N[C@@H]2C=C[C@H](CO)C2)CC1. The summed E-state index contributed by atoms with van der Waals surface area (Å²) in [4.78, 5) is 14.4. The fourth-order valence-corrected chi connectivity index (χ4v) is 3.20. The molecule has 0 aromatic heterocycles. The lowest BCUT2D eigenvalue weighted by atomic mass is 9.97. The van der Waals surface area contributed by atoms with E-state index in [9.17, 15) is 4.79 Å². The van der Waals surface area contributed by atoms with Crippen molar-refractivity contribution >= 4 is 6.03 Å². The lowest BCUT2D eigenvalue weighted by Gasteiger charge is -2.31. The highest BCUT2D eigenvalue weighted by molar-refractivity contribution is 5.74. The fraction of sp³-hybridized carbons (Fsp3) is 0.812. The lowest BCUT2D eigenvalue weighted by molar-refractivity contribution is 0.181. The van der Waals surface area contributed by atoms with Gasteiger partial charge in [-0.3, -0.25) is 0 Å². The van der Waals surface area contributed by atoms with Crippen molar-refractivity contribution in [2.24, 2.45) is 11.8 Å². The zero-order valence-electron chi connectivity index (χ0n) is 13.1. The normalized spacial score (nSPS) is 27.0. The minimum Gasteiger partial charge on any atom is -0.396 e. The van der Waals surface area contributed by atoms with Crippen LogP contribution in [0.5, 0.6) is 0 Å². The summed E-state index contributed by atoms with van der Waals surface area (Å²) in [6.07, 6.45) is 8.33. The first-order valence-electron chi connectivity index (χ1n) is 8.27. The van der Waals surface area contributed by atoms with Crippen molar-refractivity contribution in [1.82, 2.24) is 15.5 Å². The fourth-order valence-electron chi connectivity index (χ4n) is 3.20. The number of urea groups is 1. The quantitative estimate of drug-likeness (QED) is 0.648. The molecule has 1 aliphatic carbocycles. The van der Waals surface area contributed by atoms with Gasteiger partial charge in [0.15, 0.2) is 0 Å². The molecule has 0 saturated carbocycles. The predicted octanol–water partition coefficient (Wildman–Crippen LogP) is 1.34. The number of hydrogen-bond acceptors (Lipinski definition) is 3. The van der Waals surface area contributed by atoms with E-state index in [0.717, 1.165) is 26.1 Å². The van der Waals surface area contributed by atoms with E-state index in [1.807, 2.05) is 12.2 Å². The van der Waals surface area contributed by atoms with E-state index in [2.05, 4.69) is 22.5 Å². The number of hydrogen-bond donors (Lipinski definition) is 3. The summed E-state index contributed by atoms with van der Waals surface area (Å²) in [5.74, 6) is 0.798. The second-order valence-electron chi connectivity index (χ2n) is 6.31. The van der Waals surface area contributed by atoms with E-state index in [1.54, 1.807) is 0 Å². The predicted molar refractivity (Wildman–Crippen MR) is 84.1 cm³/mol. The Bertz CT molecular complexity index is 351. The molecular weight excluding hydrogens is 266 g/mol. The summed E-state index contributed by atoms with van der Waals surface area (Å²) in [5.41, 5.74) is 0. The Morgan fingerprint density at radius 3 is 2.71 bits per heavy atom. The minimum absolute atomic E-state index is 0.0635. The van der Waals surface area contributed by atoms with Crippen LogP contribution in [0.15, 0.2) is 12.2 Å². The van der Waals surface area contributed by atoms with E-state index in [-0.39, 0.29) is 24.6 Å². The number of aliphatic hydroxyl groups excluding tert-OH is 1. The number of carbonyl (C=O) groups excluding carboxylic acids is 1. The number of aliphatic hydroxyl groups is 1. The summed E-state index contributed by atoms with van der Waals surface area (Å²) >= 11 is 0. The van der Waals surface area contributed by atoms with Crippen LogP contribution in [-0.4, -0.2) is 54.9 Å². The van der Waals surface area contributed by atoms with Gasteiger partial charge in [0.1, 0.15) is 0 Å². The van der Waals surface area contributed by atoms with Crippen LogP contribution in [0.2, 0.25) is 0 Å².